The minimum Gasteiger partial charge on any atom is -0.379 e. The number of ether oxygens (including phenoxy) is 1. The van der Waals surface area contributed by atoms with Crippen LogP contribution in [0.4, 0.5) is 5.82 Å². The van der Waals surface area contributed by atoms with Crippen LogP contribution in [0.15, 0.2) is 48.8 Å². The smallest absolute Gasteiger partial charge is 0.163 e. The largest absolute Gasteiger partial charge is 0.379 e. The van der Waals surface area contributed by atoms with E-state index in [4.69, 9.17) is 14.7 Å². The Bertz CT molecular complexity index is 882. The zero-order valence-corrected chi connectivity index (χ0v) is 15.3. The molecule has 5 heteroatoms. The van der Waals surface area contributed by atoms with Gasteiger partial charge in [0.15, 0.2) is 5.82 Å². The molecule has 1 saturated heterocycles. The average molecular weight is 348 g/mol. The molecule has 134 valence electrons. The van der Waals surface area contributed by atoms with Crippen molar-refractivity contribution in [2.24, 2.45) is 11.8 Å². The van der Waals surface area contributed by atoms with Gasteiger partial charge in [-0.05, 0) is 30.2 Å². The molecular formula is C21H24N4O. The molecule has 5 nitrogen and oxygen atoms in total. The summed E-state index contributed by atoms with van der Waals surface area (Å²) in [7, 11) is 0. The normalized spacial score (nSPS) is 18.3. The first kappa shape index (κ1) is 16.9. The molecule has 0 radical (unpaired) electrons. The van der Waals surface area contributed by atoms with Gasteiger partial charge in [-0.2, -0.15) is 0 Å². The van der Waals surface area contributed by atoms with Crippen molar-refractivity contribution >= 4 is 16.7 Å². The van der Waals surface area contributed by atoms with E-state index in [1.807, 2.05) is 30.5 Å². The van der Waals surface area contributed by atoms with E-state index in [9.17, 15) is 0 Å². The van der Waals surface area contributed by atoms with Crippen molar-refractivity contribution in [2.75, 3.05) is 31.2 Å². The summed E-state index contributed by atoms with van der Waals surface area (Å²) in [5, 5.41) is 1.09. The second kappa shape index (κ2) is 7.38. The molecule has 0 amide bonds. The van der Waals surface area contributed by atoms with Gasteiger partial charge in [0.1, 0.15) is 5.82 Å². The van der Waals surface area contributed by atoms with Crippen LogP contribution >= 0.6 is 0 Å². The Hall–Kier alpha value is -2.53. The highest BCUT2D eigenvalue weighted by Gasteiger charge is 2.24. The first-order valence-electron chi connectivity index (χ1n) is 9.22. The standard InChI is InChI=1S/C21H24N4O/c1-15(2)17-13-25(10-11-26-14-17)21-18-7-3-4-8-19(18)23-20(24-21)16-6-5-9-22-12-16/h3-9,12,15,17H,10-11,13-14H2,1-2H3. The van der Waals surface area contributed by atoms with E-state index in [2.05, 4.69) is 35.9 Å². The predicted octanol–water partition coefficient (Wildman–Crippen LogP) is 3.80. The van der Waals surface area contributed by atoms with Crippen LogP contribution in [0.1, 0.15) is 13.8 Å². The minimum atomic E-state index is 0.494. The van der Waals surface area contributed by atoms with Crippen LogP contribution in [0, 0.1) is 11.8 Å². The highest BCUT2D eigenvalue weighted by Crippen LogP contribution is 2.29. The maximum atomic E-state index is 5.85. The number of benzene rings is 1. The van der Waals surface area contributed by atoms with E-state index >= 15 is 0 Å². The quantitative estimate of drug-likeness (QED) is 0.720. The summed E-state index contributed by atoms with van der Waals surface area (Å²) in [6, 6.07) is 12.1. The van der Waals surface area contributed by atoms with E-state index in [0.717, 1.165) is 54.4 Å². The van der Waals surface area contributed by atoms with Gasteiger partial charge >= 0.3 is 0 Å². The molecule has 3 heterocycles. The van der Waals surface area contributed by atoms with Crippen molar-refractivity contribution in [3.63, 3.8) is 0 Å². The summed E-state index contributed by atoms with van der Waals surface area (Å²) >= 11 is 0. The fraction of sp³-hybridized carbons (Fsp3) is 0.381. The third-order valence-corrected chi connectivity index (χ3v) is 5.04. The molecule has 0 aliphatic carbocycles. The molecule has 3 aromatic rings. The first-order valence-corrected chi connectivity index (χ1v) is 9.22. The Kier molecular flexibility index (Phi) is 4.80. The molecule has 4 rings (SSSR count). The maximum absolute atomic E-state index is 5.85. The fourth-order valence-electron chi connectivity index (χ4n) is 3.36. The number of hydrogen-bond acceptors (Lipinski definition) is 5. The van der Waals surface area contributed by atoms with Gasteiger partial charge in [0.2, 0.25) is 0 Å². The summed E-state index contributed by atoms with van der Waals surface area (Å²) in [6.45, 7) is 7.85. The van der Waals surface area contributed by atoms with Crippen LogP contribution in [0.5, 0.6) is 0 Å². The van der Waals surface area contributed by atoms with E-state index in [1.54, 1.807) is 6.20 Å². The molecule has 2 aromatic heterocycles. The topological polar surface area (TPSA) is 51.1 Å². The monoisotopic (exact) mass is 348 g/mol. The molecule has 0 spiro atoms. The van der Waals surface area contributed by atoms with Gasteiger partial charge in [-0.25, -0.2) is 9.97 Å². The molecular weight excluding hydrogens is 324 g/mol. The molecule has 0 bridgehead atoms. The number of para-hydroxylation sites is 1. The molecule has 1 unspecified atom stereocenters. The van der Waals surface area contributed by atoms with Crippen molar-refractivity contribution in [3.8, 4) is 11.4 Å². The second-order valence-electron chi connectivity index (χ2n) is 7.15. The number of nitrogens with zero attached hydrogens (tertiary/aromatic N) is 4. The lowest BCUT2D eigenvalue weighted by Gasteiger charge is -2.27. The van der Waals surface area contributed by atoms with Crippen LogP contribution in [0.25, 0.3) is 22.3 Å². The van der Waals surface area contributed by atoms with Gasteiger partial charge < -0.3 is 9.64 Å². The van der Waals surface area contributed by atoms with Crippen LogP contribution in [-0.4, -0.2) is 41.3 Å². The van der Waals surface area contributed by atoms with Gasteiger partial charge in [-0.1, -0.05) is 26.0 Å². The fourth-order valence-corrected chi connectivity index (χ4v) is 3.36. The number of anilines is 1. The lowest BCUT2D eigenvalue weighted by Crippen LogP contribution is -2.33. The van der Waals surface area contributed by atoms with Crippen molar-refractivity contribution in [1.29, 1.82) is 0 Å². The van der Waals surface area contributed by atoms with Crippen molar-refractivity contribution < 1.29 is 4.74 Å². The minimum absolute atomic E-state index is 0.494. The lowest BCUT2D eigenvalue weighted by molar-refractivity contribution is 0.108. The van der Waals surface area contributed by atoms with Gasteiger partial charge in [-0.3, -0.25) is 4.98 Å². The number of rotatable bonds is 3. The molecule has 0 saturated carbocycles. The van der Waals surface area contributed by atoms with Crippen molar-refractivity contribution in [3.05, 3.63) is 48.8 Å². The number of aromatic nitrogens is 3. The predicted molar refractivity (Wildman–Crippen MR) is 104 cm³/mol. The molecule has 1 aromatic carbocycles. The second-order valence-corrected chi connectivity index (χ2v) is 7.15. The molecule has 1 aliphatic heterocycles. The van der Waals surface area contributed by atoms with E-state index in [0.29, 0.717) is 11.8 Å². The zero-order valence-electron chi connectivity index (χ0n) is 15.3. The van der Waals surface area contributed by atoms with Gasteiger partial charge in [0, 0.05) is 42.4 Å². The Morgan fingerprint density at radius 1 is 1.12 bits per heavy atom. The SMILES string of the molecule is CC(C)C1COCCN(c2nc(-c3cccnc3)nc3ccccc23)C1. The van der Waals surface area contributed by atoms with E-state index in [1.165, 1.54) is 0 Å². The Morgan fingerprint density at radius 3 is 2.81 bits per heavy atom. The molecule has 1 fully saturated rings. The van der Waals surface area contributed by atoms with E-state index < -0.39 is 0 Å². The number of fused-ring (bicyclic) bond motifs is 1. The molecule has 26 heavy (non-hydrogen) atoms. The third kappa shape index (κ3) is 3.40. The summed E-state index contributed by atoms with van der Waals surface area (Å²) in [6.07, 6.45) is 3.58. The van der Waals surface area contributed by atoms with Crippen LogP contribution < -0.4 is 4.90 Å². The third-order valence-electron chi connectivity index (χ3n) is 5.04. The van der Waals surface area contributed by atoms with Gasteiger partial charge in [-0.15, -0.1) is 0 Å². The Labute approximate surface area is 154 Å². The maximum Gasteiger partial charge on any atom is 0.163 e. The summed E-state index contributed by atoms with van der Waals surface area (Å²) in [5.74, 6) is 2.78. The van der Waals surface area contributed by atoms with Crippen molar-refractivity contribution in [1.82, 2.24) is 15.0 Å². The van der Waals surface area contributed by atoms with Crippen LogP contribution in [-0.2, 0) is 4.74 Å². The summed E-state index contributed by atoms with van der Waals surface area (Å²) < 4.78 is 5.85. The molecule has 0 N–H and O–H groups in total. The van der Waals surface area contributed by atoms with Crippen LogP contribution in [0.3, 0.4) is 0 Å². The lowest BCUT2D eigenvalue weighted by atomic mass is 9.96. The van der Waals surface area contributed by atoms with Crippen LogP contribution in [0.2, 0.25) is 0 Å². The van der Waals surface area contributed by atoms with Gasteiger partial charge in [0.05, 0.1) is 18.7 Å². The highest BCUT2D eigenvalue weighted by atomic mass is 16.5. The summed E-state index contributed by atoms with van der Waals surface area (Å²) in [4.78, 5) is 16.3. The van der Waals surface area contributed by atoms with E-state index in [-0.39, 0.29) is 0 Å². The number of hydrogen-bond donors (Lipinski definition) is 0. The molecule has 1 aliphatic rings. The first-order chi connectivity index (χ1) is 12.7. The summed E-state index contributed by atoms with van der Waals surface area (Å²) in [5.41, 5.74) is 1.90. The average Bonchev–Trinajstić information content (AvgIpc) is 2.94. The zero-order chi connectivity index (χ0) is 17.9. The molecule has 1 atom stereocenters. The number of pyridine rings is 1. The van der Waals surface area contributed by atoms with Crippen molar-refractivity contribution in [2.45, 2.75) is 13.8 Å². The highest BCUT2D eigenvalue weighted by molar-refractivity contribution is 5.91. The Morgan fingerprint density at radius 2 is 2.00 bits per heavy atom. The Balaban J connectivity index is 1.82. The van der Waals surface area contributed by atoms with Gasteiger partial charge in [0.25, 0.3) is 0 Å².